The number of hydrogen-bond donors (Lipinski definition) is 2. The van der Waals surface area contributed by atoms with E-state index in [2.05, 4.69) is 26.1 Å². The summed E-state index contributed by atoms with van der Waals surface area (Å²) in [5.74, 6) is -0.573. The Bertz CT molecular complexity index is 619. The monoisotopic (exact) mass is 341 g/mol. The molecule has 0 amide bonds. The maximum absolute atomic E-state index is 13.9. The van der Waals surface area contributed by atoms with Gasteiger partial charge in [0.05, 0.1) is 0 Å². The highest BCUT2D eigenvalue weighted by atomic mass is 79.9. The molecule has 0 aliphatic heterocycles. The minimum atomic E-state index is -0.446. The van der Waals surface area contributed by atoms with E-state index in [1.165, 1.54) is 17.8 Å². The van der Waals surface area contributed by atoms with Gasteiger partial charge < -0.3 is 10.9 Å². The number of nitrogens with zero attached hydrogens (tertiary/aromatic N) is 2. The van der Waals surface area contributed by atoms with Crippen LogP contribution in [0.1, 0.15) is 5.56 Å². The van der Waals surface area contributed by atoms with Gasteiger partial charge in [-0.1, -0.05) is 16.9 Å². The van der Waals surface area contributed by atoms with Crippen LogP contribution in [0.3, 0.4) is 0 Å². The third kappa shape index (κ3) is 3.45. The molecule has 0 saturated heterocycles. The zero-order valence-corrected chi connectivity index (χ0v) is 11.9. The van der Waals surface area contributed by atoms with Crippen molar-refractivity contribution in [2.45, 2.75) is 9.92 Å². The summed E-state index contributed by atoms with van der Waals surface area (Å²) in [7, 11) is 0. The van der Waals surface area contributed by atoms with Gasteiger partial charge in [0.25, 0.3) is 0 Å². The van der Waals surface area contributed by atoms with Crippen molar-refractivity contribution in [2.24, 2.45) is 10.9 Å². The van der Waals surface area contributed by atoms with E-state index in [1.54, 1.807) is 24.4 Å². The smallest absolute Gasteiger partial charge is 0.170 e. The van der Waals surface area contributed by atoms with Crippen molar-refractivity contribution >= 4 is 33.5 Å². The van der Waals surface area contributed by atoms with E-state index in [9.17, 15) is 4.39 Å². The minimum absolute atomic E-state index is 0.128. The van der Waals surface area contributed by atoms with Crippen molar-refractivity contribution in [2.75, 3.05) is 0 Å². The molecule has 1 heterocycles. The molecule has 0 unspecified atom stereocenters. The Morgan fingerprint density at radius 1 is 1.37 bits per heavy atom. The van der Waals surface area contributed by atoms with E-state index in [1.807, 2.05) is 6.07 Å². The molecule has 4 nitrogen and oxygen atoms in total. The highest BCUT2D eigenvalue weighted by molar-refractivity contribution is 9.10. The van der Waals surface area contributed by atoms with Gasteiger partial charge in [0.1, 0.15) is 10.8 Å². The second-order valence-corrected chi connectivity index (χ2v) is 5.53. The van der Waals surface area contributed by atoms with Crippen molar-refractivity contribution in [3.63, 3.8) is 0 Å². The average Bonchev–Trinajstić information content (AvgIpc) is 2.42. The highest BCUT2D eigenvalue weighted by Crippen LogP contribution is 2.29. The number of aromatic nitrogens is 1. The van der Waals surface area contributed by atoms with Crippen LogP contribution < -0.4 is 5.73 Å². The van der Waals surface area contributed by atoms with Gasteiger partial charge in [-0.2, -0.15) is 0 Å². The molecular formula is C12H9BrFN3OS. The van der Waals surface area contributed by atoms with Gasteiger partial charge in [-0.3, -0.25) is 0 Å². The Labute approximate surface area is 121 Å². The number of rotatable bonds is 3. The van der Waals surface area contributed by atoms with Crippen LogP contribution in [-0.4, -0.2) is 16.0 Å². The first-order valence-corrected chi connectivity index (χ1v) is 6.78. The molecule has 7 heteroatoms. The van der Waals surface area contributed by atoms with E-state index in [-0.39, 0.29) is 5.84 Å². The number of nitrogens with two attached hydrogens (primary N) is 1. The van der Waals surface area contributed by atoms with Gasteiger partial charge in [0, 0.05) is 21.1 Å². The molecule has 1 aromatic heterocycles. The number of halogens is 2. The summed E-state index contributed by atoms with van der Waals surface area (Å²) in [5, 5.41) is 12.0. The summed E-state index contributed by atoms with van der Waals surface area (Å²) in [6.07, 6.45) is 1.64. The molecule has 0 aliphatic carbocycles. The average molecular weight is 342 g/mol. The summed E-state index contributed by atoms with van der Waals surface area (Å²) in [4.78, 5) is 4.57. The normalized spacial score (nSPS) is 11.6. The first-order valence-electron chi connectivity index (χ1n) is 5.17. The Kier molecular flexibility index (Phi) is 4.39. The molecule has 0 spiro atoms. The fraction of sp³-hybridized carbons (Fsp3) is 0. The number of oxime groups is 1. The number of amidine groups is 1. The summed E-state index contributed by atoms with van der Waals surface area (Å²) in [6.45, 7) is 0. The maximum atomic E-state index is 13.9. The quantitative estimate of drug-likeness (QED) is 0.389. The zero-order chi connectivity index (χ0) is 13.8. The van der Waals surface area contributed by atoms with Crippen molar-refractivity contribution < 1.29 is 9.60 Å². The second kappa shape index (κ2) is 6.03. The molecule has 2 aromatic rings. The molecule has 0 fully saturated rings. The first-order chi connectivity index (χ1) is 9.10. The van der Waals surface area contributed by atoms with Crippen LogP contribution in [0.5, 0.6) is 0 Å². The van der Waals surface area contributed by atoms with Gasteiger partial charge in [0.15, 0.2) is 5.84 Å². The van der Waals surface area contributed by atoms with Crippen LogP contribution in [0, 0.1) is 5.82 Å². The fourth-order valence-electron chi connectivity index (χ4n) is 1.34. The maximum Gasteiger partial charge on any atom is 0.170 e. The van der Waals surface area contributed by atoms with Gasteiger partial charge in [-0.15, -0.1) is 0 Å². The standard InChI is InChI=1S/C12H9BrFN3OS/c13-8-2-4-11(16-6-8)19-10-3-1-7(5-9(10)14)12(15)17-18/h1-6,18H,(H2,15,17). The minimum Gasteiger partial charge on any atom is -0.409 e. The van der Waals surface area contributed by atoms with Gasteiger partial charge in [-0.05, 0) is 46.3 Å². The van der Waals surface area contributed by atoms with E-state index < -0.39 is 5.82 Å². The Balaban J connectivity index is 2.24. The van der Waals surface area contributed by atoms with Crippen LogP contribution in [0.2, 0.25) is 0 Å². The van der Waals surface area contributed by atoms with E-state index in [0.717, 1.165) is 4.47 Å². The molecule has 19 heavy (non-hydrogen) atoms. The van der Waals surface area contributed by atoms with Crippen molar-refractivity contribution in [1.29, 1.82) is 0 Å². The lowest BCUT2D eigenvalue weighted by atomic mass is 10.2. The molecule has 3 N–H and O–H groups in total. The topological polar surface area (TPSA) is 71.5 Å². The number of pyridine rings is 1. The van der Waals surface area contributed by atoms with Crippen LogP contribution in [-0.2, 0) is 0 Å². The van der Waals surface area contributed by atoms with E-state index >= 15 is 0 Å². The van der Waals surface area contributed by atoms with Crippen molar-refractivity contribution in [3.8, 4) is 0 Å². The van der Waals surface area contributed by atoms with E-state index in [4.69, 9.17) is 10.9 Å². The Hall–Kier alpha value is -1.60. The van der Waals surface area contributed by atoms with Gasteiger partial charge >= 0.3 is 0 Å². The molecule has 0 aliphatic rings. The zero-order valence-electron chi connectivity index (χ0n) is 9.55. The van der Waals surface area contributed by atoms with Crippen molar-refractivity contribution in [1.82, 2.24) is 4.98 Å². The molecule has 98 valence electrons. The SMILES string of the molecule is NC(=NO)c1ccc(Sc2ccc(Br)cn2)c(F)c1. The van der Waals surface area contributed by atoms with E-state index in [0.29, 0.717) is 15.5 Å². The predicted octanol–water partition coefficient (Wildman–Crippen LogP) is 3.23. The first kappa shape index (κ1) is 13.8. The Morgan fingerprint density at radius 2 is 2.16 bits per heavy atom. The third-order valence-corrected chi connectivity index (χ3v) is 3.72. The lowest BCUT2D eigenvalue weighted by Gasteiger charge is -2.05. The summed E-state index contributed by atoms with van der Waals surface area (Å²) in [5.41, 5.74) is 5.72. The fourth-order valence-corrected chi connectivity index (χ4v) is 2.33. The van der Waals surface area contributed by atoms with Gasteiger partial charge in [0.2, 0.25) is 0 Å². The Morgan fingerprint density at radius 3 is 2.74 bits per heavy atom. The molecule has 0 bridgehead atoms. The lowest BCUT2D eigenvalue weighted by molar-refractivity contribution is 0.318. The van der Waals surface area contributed by atoms with Crippen LogP contribution in [0.25, 0.3) is 0 Å². The molecule has 0 radical (unpaired) electrons. The summed E-state index contributed by atoms with van der Waals surface area (Å²) in [6, 6.07) is 7.98. The lowest BCUT2D eigenvalue weighted by Crippen LogP contribution is -2.13. The molecular weight excluding hydrogens is 333 g/mol. The van der Waals surface area contributed by atoms with Crippen LogP contribution in [0.4, 0.5) is 4.39 Å². The largest absolute Gasteiger partial charge is 0.409 e. The molecule has 0 atom stereocenters. The highest BCUT2D eigenvalue weighted by Gasteiger charge is 2.08. The molecule has 0 saturated carbocycles. The summed E-state index contributed by atoms with van der Waals surface area (Å²) < 4.78 is 14.7. The van der Waals surface area contributed by atoms with Crippen LogP contribution >= 0.6 is 27.7 Å². The van der Waals surface area contributed by atoms with Crippen LogP contribution in [0.15, 0.2) is 56.1 Å². The number of benzene rings is 1. The summed E-state index contributed by atoms with van der Waals surface area (Å²) >= 11 is 4.48. The predicted molar refractivity (Wildman–Crippen MR) is 75.0 cm³/mol. The van der Waals surface area contributed by atoms with Crippen molar-refractivity contribution in [3.05, 3.63) is 52.4 Å². The second-order valence-electron chi connectivity index (χ2n) is 3.55. The van der Waals surface area contributed by atoms with Gasteiger partial charge in [-0.25, -0.2) is 9.37 Å². The molecule has 2 rings (SSSR count). The molecule has 1 aromatic carbocycles. The third-order valence-electron chi connectivity index (χ3n) is 2.25. The number of hydrogen-bond acceptors (Lipinski definition) is 4.